The highest BCUT2D eigenvalue weighted by molar-refractivity contribution is 7.90. The van der Waals surface area contributed by atoms with Crippen LogP contribution in [-0.2, 0) is 16.3 Å². The maximum Gasteiger partial charge on any atom is 0.320 e. The van der Waals surface area contributed by atoms with Crippen molar-refractivity contribution in [2.24, 2.45) is 16.7 Å². The predicted octanol–water partition coefficient (Wildman–Crippen LogP) is 2.73. The van der Waals surface area contributed by atoms with Crippen LogP contribution in [0, 0.1) is 16.7 Å². The molecule has 186 valence electrons. The minimum atomic E-state index is -3.23. The molecule has 2 aromatic rings. The van der Waals surface area contributed by atoms with E-state index in [0.717, 1.165) is 75.5 Å². The van der Waals surface area contributed by atoms with Gasteiger partial charge in [-0.2, -0.15) is 0 Å². The van der Waals surface area contributed by atoms with E-state index in [-0.39, 0.29) is 11.4 Å². The summed E-state index contributed by atoms with van der Waals surface area (Å²) in [6.07, 6.45) is 12.1. The Balaban J connectivity index is 0.855. The molecule has 2 amide bonds. The molecule has 0 aromatic carbocycles. The number of nitrogens with zero attached hydrogens (tertiary/aromatic N) is 5. The third-order valence-corrected chi connectivity index (χ3v) is 10.1. The van der Waals surface area contributed by atoms with Gasteiger partial charge in [0.25, 0.3) is 0 Å². The Labute approximate surface area is 205 Å². The van der Waals surface area contributed by atoms with Gasteiger partial charge >= 0.3 is 6.03 Å². The normalized spacial score (nSPS) is 25.2. The number of likely N-dealkylation sites (tertiary alicyclic amines) is 2. The van der Waals surface area contributed by atoms with Crippen LogP contribution in [0.4, 0.5) is 4.79 Å². The highest BCUT2D eigenvalue weighted by atomic mass is 32.2. The Bertz CT molecular complexity index is 1270. The second kappa shape index (κ2) is 7.27. The van der Waals surface area contributed by atoms with Gasteiger partial charge in [0, 0.05) is 67.5 Å². The van der Waals surface area contributed by atoms with Crippen molar-refractivity contribution in [3.8, 4) is 0 Å². The van der Waals surface area contributed by atoms with Crippen LogP contribution in [0.1, 0.15) is 67.6 Å². The Kier molecular flexibility index (Phi) is 4.52. The number of carbonyl (C=O) groups excluding carboxylic acids is 1. The molecule has 7 rings (SSSR count). The van der Waals surface area contributed by atoms with Gasteiger partial charge in [0.2, 0.25) is 0 Å². The molecule has 5 fully saturated rings. The Morgan fingerprint density at radius 2 is 1.57 bits per heavy atom. The number of hydrogen-bond donors (Lipinski definition) is 1. The molecule has 0 radical (unpaired) electrons. The standard InChI is InChI=1S/C25H32N6O3S/c1-35(33,34)20-5-16(10-26-11-20)4-17-6-24(7-17)12-30(13-24)23(32)31-14-25(15-31)8-19(9-25)22-27-21(28-29-22)18-2-3-18/h5,10-11,17-19H,2-4,6-9,12-15H2,1H3,(H,27,28,29). The molecule has 0 unspecified atom stereocenters. The smallest absolute Gasteiger partial charge is 0.320 e. The Morgan fingerprint density at radius 1 is 0.971 bits per heavy atom. The van der Waals surface area contributed by atoms with Crippen LogP contribution in [0.3, 0.4) is 0 Å². The van der Waals surface area contributed by atoms with Crippen LogP contribution in [0.25, 0.3) is 0 Å². The first-order valence-corrected chi connectivity index (χ1v) is 14.7. The number of carbonyl (C=O) groups is 1. The topological polar surface area (TPSA) is 112 Å². The lowest BCUT2D eigenvalue weighted by Gasteiger charge is -2.63. The number of aromatic amines is 1. The first-order chi connectivity index (χ1) is 16.7. The summed E-state index contributed by atoms with van der Waals surface area (Å²) in [7, 11) is -3.23. The molecule has 2 aromatic heterocycles. The molecule has 3 aliphatic carbocycles. The van der Waals surface area contributed by atoms with Crippen molar-refractivity contribution in [1.29, 1.82) is 0 Å². The van der Waals surface area contributed by atoms with E-state index >= 15 is 0 Å². The predicted molar refractivity (Wildman–Crippen MR) is 128 cm³/mol. The van der Waals surface area contributed by atoms with Gasteiger partial charge in [-0.3, -0.25) is 4.98 Å². The zero-order chi connectivity index (χ0) is 24.0. The van der Waals surface area contributed by atoms with E-state index in [1.807, 2.05) is 9.80 Å². The fourth-order valence-corrected chi connectivity index (χ4v) is 7.74. The van der Waals surface area contributed by atoms with Crippen molar-refractivity contribution in [2.45, 2.75) is 61.7 Å². The number of amides is 2. The third-order valence-electron chi connectivity index (χ3n) is 9.04. The molecule has 1 N–H and O–H groups in total. The number of hydrogen-bond acceptors (Lipinski definition) is 6. The van der Waals surface area contributed by atoms with E-state index in [1.54, 1.807) is 12.3 Å². The van der Waals surface area contributed by atoms with E-state index in [2.05, 4.69) is 20.2 Å². The number of aromatic nitrogens is 4. The quantitative estimate of drug-likeness (QED) is 0.681. The zero-order valence-electron chi connectivity index (χ0n) is 20.1. The maximum atomic E-state index is 13.0. The van der Waals surface area contributed by atoms with Crippen LogP contribution in [-0.4, -0.2) is 76.8 Å². The van der Waals surface area contributed by atoms with Crippen LogP contribution >= 0.6 is 0 Å². The van der Waals surface area contributed by atoms with E-state index in [1.165, 1.54) is 25.3 Å². The fourth-order valence-electron chi connectivity index (χ4n) is 7.13. The summed E-state index contributed by atoms with van der Waals surface area (Å²) in [6, 6.07) is 1.96. The van der Waals surface area contributed by atoms with Gasteiger partial charge in [0.1, 0.15) is 11.6 Å². The van der Waals surface area contributed by atoms with E-state index in [9.17, 15) is 13.2 Å². The highest BCUT2D eigenvalue weighted by Gasteiger charge is 2.58. The van der Waals surface area contributed by atoms with Crippen LogP contribution in [0.15, 0.2) is 23.4 Å². The largest absolute Gasteiger partial charge is 0.328 e. The average molecular weight is 497 g/mol. The lowest BCUT2D eigenvalue weighted by molar-refractivity contribution is -0.100. The monoisotopic (exact) mass is 496 g/mol. The summed E-state index contributed by atoms with van der Waals surface area (Å²) in [5, 5.41) is 8.71. The van der Waals surface area contributed by atoms with E-state index < -0.39 is 9.84 Å². The molecular formula is C25H32N6O3S. The summed E-state index contributed by atoms with van der Waals surface area (Å²) in [4.78, 5) is 24.9. The SMILES string of the molecule is CS(=O)(=O)c1cncc(CC2CC3(C2)CN(C(=O)N2CC4(CC(c5nnc(C6CC6)[nH]5)C4)C2)C3)c1. The van der Waals surface area contributed by atoms with Crippen molar-refractivity contribution >= 4 is 15.9 Å². The minimum absolute atomic E-state index is 0.203. The van der Waals surface area contributed by atoms with Gasteiger partial charge in [-0.1, -0.05) is 0 Å². The van der Waals surface area contributed by atoms with Crippen LogP contribution in [0.5, 0.6) is 0 Å². The lowest BCUT2D eigenvalue weighted by Crippen LogP contribution is -2.70. The highest BCUT2D eigenvalue weighted by Crippen LogP contribution is 2.57. The number of pyridine rings is 1. The molecule has 3 saturated carbocycles. The molecule has 35 heavy (non-hydrogen) atoms. The fraction of sp³-hybridized carbons (Fsp3) is 0.680. The van der Waals surface area contributed by atoms with Gasteiger partial charge in [0.15, 0.2) is 9.84 Å². The maximum absolute atomic E-state index is 13.0. The van der Waals surface area contributed by atoms with Crippen LogP contribution in [0.2, 0.25) is 0 Å². The first-order valence-electron chi connectivity index (χ1n) is 12.8. The molecule has 10 heteroatoms. The lowest BCUT2D eigenvalue weighted by atomic mass is 9.56. The number of H-pyrrole nitrogens is 1. The first kappa shape index (κ1) is 21.8. The molecular weight excluding hydrogens is 464 g/mol. The number of rotatable bonds is 5. The molecule has 2 spiro atoms. The van der Waals surface area contributed by atoms with Crippen molar-refractivity contribution < 1.29 is 13.2 Å². The van der Waals surface area contributed by atoms with Crippen molar-refractivity contribution in [3.63, 3.8) is 0 Å². The summed E-state index contributed by atoms with van der Waals surface area (Å²) < 4.78 is 23.6. The summed E-state index contributed by atoms with van der Waals surface area (Å²) >= 11 is 0. The van der Waals surface area contributed by atoms with Gasteiger partial charge < -0.3 is 14.8 Å². The van der Waals surface area contributed by atoms with Crippen molar-refractivity contribution in [3.05, 3.63) is 35.7 Å². The molecule has 2 aliphatic heterocycles. The average Bonchev–Trinajstić information content (AvgIpc) is 3.44. The summed E-state index contributed by atoms with van der Waals surface area (Å²) in [5.74, 6) is 3.73. The number of urea groups is 1. The third kappa shape index (κ3) is 3.75. The van der Waals surface area contributed by atoms with Gasteiger partial charge in [0.05, 0.1) is 4.90 Å². The summed E-state index contributed by atoms with van der Waals surface area (Å²) in [6.45, 7) is 3.47. The molecule has 2 saturated heterocycles. The van der Waals surface area contributed by atoms with Crippen molar-refractivity contribution in [2.75, 3.05) is 32.4 Å². The molecule has 0 bridgehead atoms. The van der Waals surface area contributed by atoms with Gasteiger partial charge in [-0.05, 0) is 62.5 Å². The van der Waals surface area contributed by atoms with Crippen LogP contribution < -0.4 is 0 Å². The van der Waals surface area contributed by atoms with E-state index in [0.29, 0.717) is 28.1 Å². The molecule has 4 heterocycles. The molecule has 5 aliphatic rings. The second-order valence-corrected chi connectivity index (χ2v) is 14.3. The minimum Gasteiger partial charge on any atom is -0.328 e. The number of nitrogens with one attached hydrogen (secondary N) is 1. The Morgan fingerprint density at radius 3 is 2.17 bits per heavy atom. The zero-order valence-corrected chi connectivity index (χ0v) is 20.9. The van der Waals surface area contributed by atoms with Gasteiger partial charge in [-0.15, -0.1) is 10.2 Å². The number of sulfone groups is 1. The molecule has 0 atom stereocenters. The summed E-state index contributed by atoms with van der Waals surface area (Å²) in [5.41, 5.74) is 1.56. The Hall–Kier alpha value is -2.49. The van der Waals surface area contributed by atoms with Crippen molar-refractivity contribution in [1.82, 2.24) is 30.0 Å². The second-order valence-electron chi connectivity index (χ2n) is 12.2. The van der Waals surface area contributed by atoms with E-state index in [4.69, 9.17) is 0 Å². The van der Waals surface area contributed by atoms with Gasteiger partial charge in [-0.25, -0.2) is 13.2 Å². The molecule has 9 nitrogen and oxygen atoms in total.